The van der Waals surface area contributed by atoms with E-state index in [0.717, 1.165) is 42.9 Å². The minimum Gasteiger partial charge on any atom is -0.463 e. The third-order valence-electron chi connectivity index (χ3n) is 5.62. The Bertz CT molecular complexity index is 782. The van der Waals surface area contributed by atoms with E-state index in [4.69, 9.17) is 4.74 Å². The first-order valence-electron chi connectivity index (χ1n) is 10.1. The molecule has 1 aromatic carbocycles. The zero-order chi connectivity index (χ0) is 20.3. The molecule has 7 nitrogen and oxygen atoms in total. The summed E-state index contributed by atoms with van der Waals surface area (Å²) >= 11 is 0. The van der Waals surface area contributed by atoms with Crippen molar-refractivity contribution in [1.82, 2.24) is 10.6 Å². The minimum atomic E-state index is -0.499. The molecule has 2 heterocycles. The second kappa shape index (κ2) is 8.75. The number of carbonyl (C=O) groups excluding carboxylic acids is 2. The van der Waals surface area contributed by atoms with Crippen molar-refractivity contribution >= 4 is 12.0 Å². The average Bonchev–Trinajstić information content (AvgIpc) is 2.63. The van der Waals surface area contributed by atoms with Gasteiger partial charge < -0.3 is 25.2 Å². The van der Waals surface area contributed by atoms with Crippen molar-refractivity contribution in [1.29, 1.82) is 0 Å². The molecule has 0 radical (unpaired) electrons. The first-order chi connectivity index (χ1) is 13.4. The van der Waals surface area contributed by atoms with Gasteiger partial charge >= 0.3 is 12.0 Å². The molecule has 2 aliphatic rings. The van der Waals surface area contributed by atoms with Crippen molar-refractivity contribution < 1.29 is 24.1 Å². The highest BCUT2D eigenvalue weighted by atomic mass is 16.5. The van der Waals surface area contributed by atoms with E-state index in [2.05, 4.69) is 23.7 Å². The van der Waals surface area contributed by atoms with Gasteiger partial charge in [0.15, 0.2) is 0 Å². The summed E-state index contributed by atoms with van der Waals surface area (Å²) in [5, 5.41) is 5.83. The van der Waals surface area contributed by atoms with Crippen molar-refractivity contribution in [3.63, 3.8) is 0 Å². The first kappa shape index (κ1) is 20.4. The van der Waals surface area contributed by atoms with Gasteiger partial charge in [0.2, 0.25) is 0 Å². The lowest BCUT2D eigenvalue weighted by atomic mass is 9.91. The summed E-state index contributed by atoms with van der Waals surface area (Å²) in [5.74, 6) is -0.367. The van der Waals surface area contributed by atoms with Crippen LogP contribution >= 0.6 is 0 Å². The van der Waals surface area contributed by atoms with Crippen molar-refractivity contribution in [3.8, 4) is 0 Å². The number of aryl methyl sites for hydroxylation is 2. The van der Waals surface area contributed by atoms with Crippen molar-refractivity contribution in [3.05, 3.63) is 46.2 Å². The predicted octanol–water partition coefficient (Wildman–Crippen LogP) is -1.11. The van der Waals surface area contributed by atoms with E-state index < -0.39 is 6.04 Å². The molecule has 7 heteroatoms. The van der Waals surface area contributed by atoms with E-state index in [1.54, 1.807) is 6.92 Å². The number of esters is 1. The molecule has 1 aromatic rings. The number of carbonyl (C=O) groups is 2. The molecule has 152 valence electrons. The molecular weight excluding hydrogens is 356 g/mol. The van der Waals surface area contributed by atoms with Gasteiger partial charge in [-0.1, -0.05) is 23.8 Å². The molecule has 2 amide bonds. The Morgan fingerprint density at radius 1 is 1.21 bits per heavy atom. The minimum absolute atomic E-state index is 0.271. The second-order valence-electron chi connectivity index (χ2n) is 7.89. The summed E-state index contributed by atoms with van der Waals surface area (Å²) in [6.45, 7) is 11.0. The maximum absolute atomic E-state index is 12.9. The van der Waals surface area contributed by atoms with Gasteiger partial charge in [-0.05, 0) is 31.9 Å². The van der Waals surface area contributed by atoms with Crippen LogP contribution in [0.5, 0.6) is 0 Å². The summed E-state index contributed by atoms with van der Waals surface area (Å²) in [4.78, 5) is 28.2. The molecule has 0 saturated carbocycles. The first-order valence-corrected chi connectivity index (χ1v) is 10.1. The average molecular weight is 389 g/mol. The fourth-order valence-corrected chi connectivity index (χ4v) is 4.05. The third kappa shape index (κ3) is 4.54. The fraction of sp³-hybridized carbons (Fsp3) is 0.524. The molecule has 0 bridgehead atoms. The largest absolute Gasteiger partial charge is 0.463 e. The second-order valence-corrected chi connectivity index (χ2v) is 7.89. The normalized spacial score (nSPS) is 25.1. The van der Waals surface area contributed by atoms with Gasteiger partial charge in [0.05, 0.1) is 31.0 Å². The Kier molecular flexibility index (Phi) is 6.36. The maximum atomic E-state index is 12.9. The van der Waals surface area contributed by atoms with Gasteiger partial charge in [-0.3, -0.25) is 0 Å². The van der Waals surface area contributed by atoms with Gasteiger partial charge in [-0.2, -0.15) is 0 Å². The van der Waals surface area contributed by atoms with Gasteiger partial charge in [0, 0.05) is 0 Å². The van der Waals surface area contributed by atoms with Crippen LogP contribution in [0.3, 0.4) is 0 Å². The number of hydrogen-bond acceptors (Lipinski definition) is 3. The molecule has 1 fully saturated rings. The lowest BCUT2D eigenvalue weighted by Crippen LogP contribution is -3.27. The zero-order valence-electron chi connectivity index (χ0n) is 17.3. The Morgan fingerprint density at radius 2 is 1.93 bits per heavy atom. The van der Waals surface area contributed by atoms with Gasteiger partial charge in [0.25, 0.3) is 0 Å². The van der Waals surface area contributed by atoms with Crippen LogP contribution in [0.25, 0.3) is 0 Å². The number of hydrogen-bond donors (Lipinski definition) is 4. The van der Waals surface area contributed by atoms with Crippen LogP contribution in [-0.4, -0.2) is 58.4 Å². The van der Waals surface area contributed by atoms with Crippen LogP contribution in [0.4, 0.5) is 4.79 Å². The van der Waals surface area contributed by atoms with Crippen LogP contribution in [0.15, 0.2) is 29.5 Å². The van der Waals surface area contributed by atoms with Crippen molar-refractivity contribution in [2.24, 2.45) is 0 Å². The molecule has 28 heavy (non-hydrogen) atoms. The summed E-state index contributed by atoms with van der Waals surface area (Å²) < 4.78 is 5.37. The van der Waals surface area contributed by atoms with E-state index in [-0.39, 0.29) is 12.0 Å². The quantitative estimate of drug-likeness (QED) is 0.483. The van der Waals surface area contributed by atoms with E-state index in [1.165, 1.54) is 9.80 Å². The third-order valence-corrected chi connectivity index (χ3v) is 5.62. The Morgan fingerprint density at radius 3 is 2.57 bits per heavy atom. The number of amides is 2. The Labute approximate surface area is 166 Å². The van der Waals surface area contributed by atoms with E-state index in [0.29, 0.717) is 24.4 Å². The van der Waals surface area contributed by atoms with Crippen LogP contribution in [0.2, 0.25) is 0 Å². The van der Waals surface area contributed by atoms with Crippen molar-refractivity contribution in [2.75, 3.05) is 46.4 Å². The van der Waals surface area contributed by atoms with Gasteiger partial charge in [-0.25, -0.2) is 9.59 Å². The Hall–Kier alpha value is -2.38. The number of piperazine rings is 1. The molecule has 1 atom stereocenters. The van der Waals surface area contributed by atoms with Crippen LogP contribution < -0.4 is 20.4 Å². The van der Waals surface area contributed by atoms with Gasteiger partial charge in [-0.15, -0.1) is 0 Å². The maximum Gasteiger partial charge on any atom is 0.338 e. The van der Waals surface area contributed by atoms with Gasteiger partial charge in [0.1, 0.15) is 32.7 Å². The smallest absolute Gasteiger partial charge is 0.338 e. The predicted molar refractivity (Wildman–Crippen MR) is 106 cm³/mol. The molecule has 0 spiro atoms. The van der Waals surface area contributed by atoms with Crippen LogP contribution in [0.1, 0.15) is 29.7 Å². The summed E-state index contributed by atoms with van der Waals surface area (Å²) in [6, 6.07) is 5.30. The Balaban J connectivity index is 1.99. The van der Waals surface area contributed by atoms with E-state index in [1.807, 2.05) is 26.0 Å². The highest BCUT2D eigenvalue weighted by Crippen LogP contribution is 2.30. The number of urea groups is 1. The lowest BCUT2D eigenvalue weighted by molar-refractivity contribution is -1.00. The fourth-order valence-electron chi connectivity index (χ4n) is 4.05. The SMILES string of the molecule is CCOC(=O)C1=C(C[NH+]2CC[NH+](C)CC2)NC(=O)N[C@@H]1c1ccc(C)cc1C. The lowest BCUT2D eigenvalue weighted by Gasteiger charge is -2.33. The molecule has 1 saturated heterocycles. The molecule has 2 aliphatic heterocycles. The number of quaternary nitrogens is 2. The monoisotopic (exact) mass is 388 g/mol. The van der Waals surface area contributed by atoms with Crippen LogP contribution in [0, 0.1) is 13.8 Å². The molecule has 0 unspecified atom stereocenters. The molecule has 4 N–H and O–H groups in total. The number of ether oxygens (including phenoxy) is 1. The number of nitrogens with one attached hydrogen (secondary N) is 4. The standard InChI is InChI=1S/C21H30N4O3/c1-5-28-20(26)18-17(13-25-10-8-24(4)9-11-25)22-21(27)23-19(18)16-7-6-14(2)12-15(16)3/h6-7,12,19H,5,8-11,13H2,1-4H3,(H2,22,23,27)/p+2/t19-/m1/s1. The molecule has 0 aromatic heterocycles. The number of likely N-dealkylation sites (N-methyl/N-ethyl adjacent to an activating group) is 1. The van der Waals surface area contributed by atoms with E-state index in [9.17, 15) is 9.59 Å². The summed E-state index contributed by atoms with van der Waals surface area (Å²) in [7, 11) is 2.20. The molecular formula is C21H32N4O3+2. The zero-order valence-corrected chi connectivity index (χ0v) is 17.3. The summed E-state index contributed by atoms with van der Waals surface area (Å²) in [5.41, 5.74) is 4.32. The molecule has 0 aliphatic carbocycles. The van der Waals surface area contributed by atoms with E-state index >= 15 is 0 Å². The highest BCUT2D eigenvalue weighted by molar-refractivity contribution is 5.95. The number of rotatable bonds is 5. The molecule has 3 rings (SSSR count). The van der Waals surface area contributed by atoms with Crippen LogP contribution in [-0.2, 0) is 9.53 Å². The number of benzene rings is 1. The highest BCUT2D eigenvalue weighted by Gasteiger charge is 2.36. The summed E-state index contributed by atoms with van der Waals surface area (Å²) in [6.07, 6.45) is 0. The topological polar surface area (TPSA) is 76.3 Å². The van der Waals surface area contributed by atoms with Crippen molar-refractivity contribution in [2.45, 2.75) is 26.8 Å².